The Morgan fingerprint density at radius 1 is 1.57 bits per heavy atom. The highest BCUT2D eigenvalue weighted by Crippen LogP contribution is 2.10. The van der Waals surface area contributed by atoms with Crippen LogP contribution in [-0.2, 0) is 0 Å². The van der Waals surface area contributed by atoms with Crippen molar-refractivity contribution in [1.82, 2.24) is 5.32 Å². The second-order valence-corrected chi connectivity index (χ2v) is 3.59. The van der Waals surface area contributed by atoms with Crippen molar-refractivity contribution >= 4 is 17.5 Å². The molecule has 1 aromatic carbocycles. The minimum atomic E-state index is -0.129. The van der Waals surface area contributed by atoms with Gasteiger partial charge in [-0.05, 0) is 25.1 Å². The van der Waals surface area contributed by atoms with Crippen LogP contribution in [0, 0.1) is 0 Å². The Hall–Kier alpha value is -1.28. The molecule has 1 amide bonds. The molecule has 1 rings (SSSR count). The summed E-state index contributed by atoms with van der Waals surface area (Å²) in [4.78, 5) is 11.5. The molecule has 3 heteroatoms. The van der Waals surface area contributed by atoms with Crippen molar-refractivity contribution in [3.8, 4) is 0 Å². The van der Waals surface area contributed by atoms with Crippen LogP contribution in [0.2, 0.25) is 5.02 Å². The summed E-state index contributed by atoms with van der Waals surface area (Å²) in [5, 5.41) is 3.29. The third-order valence-corrected chi connectivity index (χ3v) is 1.87. The Labute approximate surface area is 88.6 Å². The molecular formula is C11H12ClNO. The van der Waals surface area contributed by atoms with Crippen LogP contribution in [-0.4, -0.2) is 12.5 Å². The third-order valence-electron chi connectivity index (χ3n) is 1.64. The zero-order valence-electron chi connectivity index (χ0n) is 8.01. The van der Waals surface area contributed by atoms with E-state index >= 15 is 0 Å². The summed E-state index contributed by atoms with van der Waals surface area (Å²) in [6.45, 7) is 6.05. The van der Waals surface area contributed by atoms with Crippen molar-refractivity contribution in [2.24, 2.45) is 0 Å². The number of hydrogen-bond acceptors (Lipinski definition) is 1. The second-order valence-electron chi connectivity index (χ2n) is 3.15. The number of rotatable bonds is 3. The van der Waals surface area contributed by atoms with Gasteiger partial charge in [-0.15, -0.1) is 0 Å². The zero-order valence-corrected chi connectivity index (χ0v) is 8.77. The molecule has 1 aromatic rings. The molecular weight excluding hydrogens is 198 g/mol. The summed E-state index contributed by atoms with van der Waals surface area (Å²) >= 11 is 5.75. The predicted octanol–water partition coefficient (Wildman–Crippen LogP) is 2.65. The highest BCUT2D eigenvalue weighted by molar-refractivity contribution is 6.30. The maximum atomic E-state index is 11.5. The molecule has 0 atom stereocenters. The number of hydrogen-bond donors (Lipinski definition) is 1. The lowest BCUT2D eigenvalue weighted by atomic mass is 10.2. The van der Waals surface area contributed by atoms with Gasteiger partial charge in [0.2, 0.25) is 0 Å². The molecule has 0 radical (unpaired) electrons. The van der Waals surface area contributed by atoms with Gasteiger partial charge in [0.05, 0.1) is 0 Å². The van der Waals surface area contributed by atoms with E-state index in [1.807, 2.05) is 6.92 Å². The van der Waals surface area contributed by atoms with Gasteiger partial charge >= 0.3 is 0 Å². The van der Waals surface area contributed by atoms with E-state index in [9.17, 15) is 4.79 Å². The molecule has 0 aromatic heterocycles. The zero-order chi connectivity index (χ0) is 10.6. The Morgan fingerprint density at radius 2 is 2.29 bits per heavy atom. The van der Waals surface area contributed by atoms with E-state index in [2.05, 4.69) is 11.9 Å². The van der Waals surface area contributed by atoms with Crippen LogP contribution in [0.25, 0.3) is 0 Å². The number of benzene rings is 1. The fraction of sp³-hybridized carbons (Fsp3) is 0.182. The van der Waals surface area contributed by atoms with Crippen LogP contribution in [0.3, 0.4) is 0 Å². The molecule has 0 unspecified atom stereocenters. The number of carbonyl (C=O) groups is 1. The molecule has 0 heterocycles. The molecule has 0 aliphatic heterocycles. The van der Waals surface area contributed by atoms with E-state index in [0.29, 0.717) is 17.1 Å². The molecule has 74 valence electrons. The van der Waals surface area contributed by atoms with Crippen molar-refractivity contribution in [2.75, 3.05) is 6.54 Å². The molecule has 0 bridgehead atoms. The average Bonchev–Trinajstić information content (AvgIpc) is 2.14. The van der Waals surface area contributed by atoms with Gasteiger partial charge in [0.25, 0.3) is 5.91 Å². The Bertz CT molecular complexity index is 360. The third kappa shape index (κ3) is 3.23. The summed E-state index contributed by atoms with van der Waals surface area (Å²) in [6, 6.07) is 6.84. The van der Waals surface area contributed by atoms with Crippen LogP contribution in [0.1, 0.15) is 17.3 Å². The van der Waals surface area contributed by atoms with Crippen LogP contribution < -0.4 is 5.32 Å². The molecule has 0 saturated carbocycles. The fourth-order valence-corrected chi connectivity index (χ4v) is 1.15. The van der Waals surface area contributed by atoms with Gasteiger partial charge in [0.1, 0.15) is 0 Å². The van der Waals surface area contributed by atoms with E-state index in [1.54, 1.807) is 24.3 Å². The molecule has 0 aliphatic carbocycles. The van der Waals surface area contributed by atoms with Crippen molar-refractivity contribution < 1.29 is 4.79 Å². The van der Waals surface area contributed by atoms with Gasteiger partial charge in [-0.2, -0.15) is 0 Å². The molecule has 2 nitrogen and oxygen atoms in total. The topological polar surface area (TPSA) is 29.1 Å². The van der Waals surface area contributed by atoms with E-state index in [0.717, 1.165) is 5.57 Å². The van der Waals surface area contributed by atoms with E-state index in [-0.39, 0.29) is 5.91 Å². The maximum Gasteiger partial charge on any atom is 0.251 e. The normalized spacial score (nSPS) is 9.57. The predicted molar refractivity (Wildman–Crippen MR) is 58.6 cm³/mol. The average molecular weight is 210 g/mol. The minimum Gasteiger partial charge on any atom is -0.348 e. The first-order valence-electron chi connectivity index (χ1n) is 4.28. The first-order chi connectivity index (χ1) is 6.59. The van der Waals surface area contributed by atoms with Crippen molar-refractivity contribution in [1.29, 1.82) is 0 Å². The van der Waals surface area contributed by atoms with Crippen LogP contribution in [0.4, 0.5) is 0 Å². The Balaban J connectivity index is 2.65. The smallest absolute Gasteiger partial charge is 0.251 e. The number of amides is 1. The van der Waals surface area contributed by atoms with Crippen molar-refractivity contribution in [2.45, 2.75) is 6.92 Å². The Kier molecular flexibility index (Phi) is 3.72. The summed E-state index contributed by atoms with van der Waals surface area (Å²) in [7, 11) is 0. The first-order valence-corrected chi connectivity index (χ1v) is 4.65. The highest BCUT2D eigenvalue weighted by Gasteiger charge is 2.04. The first kappa shape index (κ1) is 10.8. The van der Waals surface area contributed by atoms with Crippen molar-refractivity contribution in [3.63, 3.8) is 0 Å². The maximum absolute atomic E-state index is 11.5. The molecule has 0 saturated heterocycles. The number of halogens is 1. The summed E-state index contributed by atoms with van der Waals surface area (Å²) in [5.41, 5.74) is 1.49. The lowest BCUT2D eigenvalue weighted by Crippen LogP contribution is -2.24. The number of nitrogens with one attached hydrogen (secondary N) is 1. The Morgan fingerprint density at radius 3 is 2.86 bits per heavy atom. The lowest BCUT2D eigenvalue weighted by Gasteiger charge is -2.04. The molecule has 0 spiro atoms. The van der Waals surface area contributed by atoms with Gasteiger partial charge in [0, 0.05) is 17.1 Å². The van der Waals surface area contributed by atoms with Gasteiger partial charge < -0.3 is 5.32 Å². The van der Waals surface area contributed by atoms with E-state index in [4.69, 9.17) is 11.6 Å². The SMILES string of the molecule is C=C(C)CNC(=O)c1cccc(Cl)c1. The molecule has 0 aliphatic rings. The highest BCUT2D eigenvalue weighted by atomic mass is 35.5. The summed E-state index contributed by atoms with van der Waals surface area (Å²) in [6.07, 6.45) is 0. The lowest BCUT2D eigenvalue weighted by molar-refractivity contribution is 0.0957. The van der Waals surface area contributed by atoms with Crippen LogP contribution >= 0.6 is 11.6 Å². The van der Waals surface area contributed by atoms with Gasteiger partial charge in [-0.25, -0.2) is 0 Å². The largest absolute Gasteiger partial charge is 0.348 e. The van der Waals surface area contributed by atoms with Crippen LogP contribution in [0.15, 0.2) is 36.4 Å². The molecule has 0 fully saturated rings. The van der Waals surface area contributed by atoms with Gasteiger partial charge in [0.15, 0.2) is 0 Å². The second kappa shape index (κ2) is 4.82. The summed E-state index contributed by atoms with van der Waals surface area (Å²) in [5.74, 6) is -0.129. The van der Waals surface area contributed by atoms with Crippen LogP contribution in [0.5, 0.6) is 0 Å². The molecule has 14 heavy (non-hydrogen) atoms. The fourth-order valence-electron chi connectivity index (χ4n) is 0.963. The van der Waals surface area contributed by atoms with Gasteiger partial charge in [-0.3, -0.25) is 4.79 Å². The van der Waals surface area contributed by atoms with Crippen molar-refractivity contribution in [3.05, 3.63) is 47.0 Å². The van der Waals surface area contributed by atoms with E-state index < -0.39 is 0 Å². The van der Waals surface area contributed by atoms with E-state index in [1.165, 1.54) is 0 Å². The minimum absolute atomic E-state index is 0.129. The standard InChI is InChI=1S/C11H12ClNO/c1-8(2)7-13-11(14)9-4-3-5-10(12)6-9/h3-6H,1,7H2,2H3,(H,13,14). The van der Waals surface area contributed by atoms with Gasteiger partial charge in [-0.1, -0.05) is 29.8 Å². The quantitative estimate of drug-likeness (QED) is 0.762. The number of carbonyl (C=O) groups excluding carboxylic acids is 1. The monoisotopic (exact) mass is 209 g/mol. The molecule has 1 N–H and O–H groups in total. The summed E-state index contributed by atoms with van der Waals surface area (Å²) < 4.78 is 0.